The van der Waals surface area contributed by atoms with Crippen molar-refractivity contribution in [3.63, 3.8) is 0 Å². The summed E-state index contributed by atoms with van der Waals surface area (Å²) in [4.78, 5) is 12.3. The van der Waals surface area contributed by atoms with Gasteiger partial charge in [0.15, 0.2) is 0 Å². The fourth-order valence-corrected chi connectivity index (χ4v) is 2.49. The zero-order valence-electron chi connectivity index (χ0n) is 13.9. The maximum Gasteiger partial charge on any atom is 0.255 e. The van der Waals surface area contributed by atoms with Crippen molar-refractivity contribution >= 4 is 17.5 Å². The van der Waals surface area contributed by atoms with Crippen LogP contribution in [-0.2, 0) is 6.42 Å². The van der Waals surface area contributed by atoms with E-state index in [1.807, 2.05) is 18.2 Å². The molecule has 1 amide bonds. The van der Waals surface area contributed by atoms with E-state index in [9.17, 15) is 4.79 Å². The summed E-state index contributed by atoms with van der Waals surface area (Å²) in [5.41, 5.74) is 1.39. The number of ether oxygens (including phenoxy) is 3. The molecule has 24 heavy (non-hydrogen) atoms. The first-order valence-electron chi connectivity index (χ1n) is 7.41. The van der Waals surface area contributed by atoms with Gasteiger partial charge in [-0.25, -0.2) is 0 Å². The standard InChI is InChI=1S/C18H20ClNO4/c1-22-14-6-4-12(17(11-14)24-3)8-9-20-18(21)15-10-13(19)5-7-16(15)23-2/h4-7,10-11H,8-9H2,1-3H3,(H,20,21). The molecular formula is C18H20ClNO4. The average molecular weight is 350 g/mol. The number of carbonyl (C=O) groups is 1. The van der Waals surface area contributed by atoms with Crippen LogP contribution in [0.4, 0.5) is 0 Å². The fourth-order valence-electron chi connectivity index (χ4n) is 2.32. The van der Waals surface area contributed by atoms with Crippen molar-refractivity contribution in [2.45, 2.75) is 6.42 Å². The van der Waals surface area contributed by atoms with Crippen LogP contribution in [0.5, 0.6) is 17.2 Å². The van der Waals surface area contributed by atoms with Gasteiger partial charge < -0.3 is 19.5 Å². The van der Waals surface area contributed by atoms with E-state index < -0.39 is 0 Å². The molecule has 2 aromatic rings. The predicted molar refractivity (Wildman–Crippen MR) is 93.6 cm³/mol. The van der Waals surface area contributed by atoms with E-state index >= 15 is 0 Å². The Morgan fingerprint density at radius 3 is 2.42 bits per heavy atom. The highest BCUT2D eigenvalue weighted by atomic mass is 35.5. The summed E-state index contributed by atoms with van der Waals surface area (Å²) in [6.07, 6.45) is 0.627. The van der Waals surface area contributed by atoms with Crippen LogP contribution in [0.2, 0.25) is 5.02 Å². The van der Waals surface area contributed by atoms with Crippen LogP contribution in [0.1, 0.15) is 15.9 Å². The second kappa shape index (κ2) is 8.45. The summed E-state index contributed by atoms with van der Waals surface area (Å²) in [7, 11) is 4.73. The molecule has 0 fully saturated rings. The summed E-state index contributed by atoms with van der Waals surface area (Å²) < 4.78 is 15.7. The van der Waals surface area contributed by atoms with Crippen LogP contribution in [0.3, 0.4) is 0 Å². The number of benzene rings is 2. The molecular weight excluding hydrogens is 330 g/mol. The molecule has 0 heterocycles. The molecule has 0 aliphatic rings. The first kappa shape index (κ1) is 17.9. The normalized spacial score (nSPS) is 10.2. The van der Waals surface area contributed by atoms with Gasteiger partial charge in [-0.1, -0.05) is 17.7 Å². The average Bonchev–Trinajstić information content (AvgIpc) is 2.61. The van der Waals surface area contributed by atoms with Crippen molar-refractivity contribution in [3.8, 4) is 17.2 Å². The van der Waals surface area contributed by atoms with Crippen molar-refractivity contribution in [1.82, 2.24) is 5.32 Å². The Bertz CT molecular complexity index is 718. The van der Waals surface area contributed by atoms with E-state index in [4.69, 9.17) is 25.8 Å². The largest absolute Gasteiger partial charge is 0.497 e. The number of rotatable bonds is 7. The SMILES string of the molecule is COc1ccc(CCNC(=O)c2cc(Cl)ccc2OC)c(OC)c1. The minimum Gasteiger partial charge on any atom is -0.497 e. The maximum absolute atomic E-state index is 12.3. The van der Waals surface area contributed by atoms with E-state index in [0.29, 0.717) is 29.3 Å². The molecule has 0 atom stereocenters. The van der Waals surface area contributed by atoms with Gasteiger partial charge in [0.25, 0.3) is 5.91 Å². The van der Waals surface area contributed by atoms with Crippen molar-refractivity contribution in [1.29, 1.82) is 0 Å². The monoisotopic (exact) mass is 349 g/mol. The number of hydrogen-bond donors (Lipinski definition) is 1. The summed E-state index contributed by atoms with van der Waals surface area (Å²) in [5.74, 6) is 1.70. The van der Waals surface area contributed by atoms with Crippen molar-refractivity contribution in [3.05, 3.63) is 52.5 Å². The van der Waals surface area contributed by atoms with Gasteiger partial charge >= 0.3 is 0 Å². The highest BCUT2D eigenvalue weighted by molar-refractivity contribution is 6.31. The number of nitrogens with one attached hydrogen (secondary N) is 1. The lowest BCUT2D eigenvalue weighted by atomic mass is 10.1. The highest BCUT2D eigenvalue weighted by Gasteiger charge is 2.13. The molecule has 6 heteroatoms. The van der Waals surface area contributed by atoms with Crippen molar-refractivity contribution < 1.29 is 19.0 Å². The smallest absolute Gasteiger partial charge is 0.255 e. The molecule has 0 saturated carbocycles. The van der Waals surface area contributed by atoms with Gasteiger partial charge in [0.1, 0.15) is 17.2 Å². The van der Waals surface area contributed by atoms with Gasteiger partial charge in [0, 0.05) is 17.6 Å². The van der Waals surface area contributed by atoms with E-state index in [-0.39, 0.29) is 5.91 Å². The molecule has 0 aromatic heterocycles. The van der Waals surface area contributed by atoms with Gasteiger partial charge in [-0.3, -0.25) is 4.79 Å². The third kappa shape index (κ3) is 4.32. The highest BCUT2D eigenvalue weighted by Crippen LogP contribution is 2.25. The first-order chi connectivity index (χ1) is 11.6. The molecule has 0 aliphatic heterocycles. The summed E-state index contributed by atoms with van der Waals surface area (Å²) in [6.45, 7) is 0.456. The van der Waals surface area contributed by atoms with Crippen LogP contribution in [-0.4, -0.2) is 33.8 Å². The molecule has 0 aliphatic carbocycles. The Balaban J connectivity index is 2.02. The van der Waals surface area contributed by atoms with E-state index in [1.54, 1.807) is 32.4 Å². The molecule has 0 saturated heterocycles. The lowest BCUT2D eigenvalue weighted by molar-refractivity contribution is 0.0951. The van der Waals surface area contributed by atoms with Crippen molar-refractivity contribution in [2.75, 3.05) is 27.9 Å². The van der Waals surface area contributed by atoms with Crippen LogP contribution in [0.25, 0.3) is 0 Å². The minimum absolute atomic E-state index is 0.234. The Labute approximate surface area is 146 Å². The molecule has 2 rings (SSSR count). The first-order valence-corrected chi connectivity index (χ1v) is 7.79. The van der Waals surface area contributed by atoms with Crippen LogP contribution >= 0.6 is 11.6 Å². The lowest BCUT2D eigenvalue weighted by Gasteiger charge is -2.12. The van der Waals surface area contributed by atoms with E-state index in [1.165, 1.54) is 7.11 Å². The summed E-state index contributed by atoms with van der Waals surface area (Å²) in [5, 5.41) is 3.35. The van der Waals surface area contributed by atoms with Gasteiger partial charge in [0.2, 0.25) is 0 Å². The maximum atomic E-state index is 12.3. The zero-order valence-corrected chi connectivity index (χ0v) is 14.6. The summed E-state index contributed by atoms with van der Waals surface area (Å²) >= 11 is 5.95. The molecule has 0 unspecified atom stereocenters. The number of halogens is 1. The number of carbonyl (C=O) groups excluding carboxylic acids is 1. The third-order valence-electron chi connectivity index (χ3n) is 3.58. The Kier molecular flexibility index (Phi) is 6.32. The Hall–Kier alpha value is -2.40. The van der Waals surface area contributed by atoms with Crippen LogP contribution < -0.4 is 19.5 Å². The molecule has 5 nitrogen and oxygen atoms in total. The zero-order chi connectivity index (χ0) is 17.5. The fraction of sp³-hybridized carbons (Fsp3) is 0.278. The second-order valence-electron chi connectivity index (χ2n) is 5.03. The molecule has 0 spiro atoms. The predicted octanol–water partition coefficient (Wildman–Crippen LogP) is 3.34. The van der Waals surface area contributed by atoms with Gasteiger partial charge in [-0.15, -0.1) is 0 Å². The minimum atomic E-state index is -0.234. The Morgan fingerprint density at radius 2 is 1.75 bits per heavy atom. The van der Waals surface area contributed by atoms with Crippen LogP contribution in [0, 0.1) is 0 Å². The molecule has 1 N–H and O–H groups in total. The third-order valence-corrected chi connectivity index (χ3v) is 3.82. The topological polar surface area (TPSA) is 56.8 Å². The molecule has 128 valence electrons. The molecule has 2 aromatic carbocycles. The van der Waals surface area contributed by atoms with Gasteiger partial charge in [0.05, 0.1) is 26.9 Å². The summed E-state index contributed by atoms with van der Waals surface area (Å²) in [6, 6.07) is 10.5. The van der Waals surface area contributed by atoms with Crippen LogP contribution in [0.15, 0.2) is 36.4 Å². The quantitative estimate of drug-likeness (QED) is 0.833. The van der Waals surface area contributed by atoms with E-state index in [2.05, 4.69) is 5.32 Å². The van der Waals surface area contributed by atoms with Gasteiger partial charge in [-0.2, -0.15) is 0 Å². The lowest BCUT2D eigenvalue weighted by Crippen LogP contribution is -2.26. The second-order valence-corrected chi connectivity index (χ2v) is 5.46. The number of amides is 1. The van der Waals surface area contributed by atoms with Gasteiger partial charge in [-0.05, 0) is 36.2 Å². The van der Waals surface area contributed by atoms with Crippen molar-refractivity contribution in [2.24, 2.45) is 0 Å². The van der Waals surface area contributed by atoms with E-state index in [0.717, 1.165) is 17.1 Å². The number of hydrogen-bond acceptors (Lipinski definition) is 4. The molecule has 0 radical (unpaired) electrons. The number of methoxy groups -OCH3 is 3. The Morgan fingerprint density at radius 1 is 1.00 bits per heavy atom. The molecule has 0 bridgehead atoms.